The molecule has 0 fully saturated rings. The van der Waals surface area contributed by atoms with Gasteiger partial charge in [0.2, 0.25) is 0 Å². The van der Waals surface area contributed by atoms with E-state index >= 15 is 0 Å². The van der Waals surface area contributed by atoms with Gasteiger partial charge >= 0.3 is 0 Å². The number of anilines is 2. The molecule has 0 atom stereocenters. The van der Waals surface area contributed by atoms with E-state index in [4.69, 9.17) is 4.74 Å². The lowest BCUT2D eigenvalue weighted by molar-refractivity contribution is 0.102. The summed E-state index contributed by atoms with van der Waals surface area (Å²) < 4.78 is 18.7. The van der Waals surface area contributed by atoms with Crippen LogP contribution in [0.2, 0.25) is 0 Å². The number of rotatable bonds is 6. The van der Waals surface area contributed by atoms with Crippen molar-refractivity contribution in [3.05, 3.63) is 83.9 Å². The van der Waals surface area contributed by atoms with Crippen molar-refractivity contribution in [2.24, 2.45) is 0 Å². The van der Waals surface area contributed by atoms with Crippen molar-refractivity contribution in [2.45, 2.75) is 6.92 Å². The quantitative estimate of drug-likeness (QED) is 0.675. The number of aromatic nitrogens is 1. The van der Waals surface area contributed by atoms with Crippen molar-refractivity contribution in [2.75, 3.05) is 17.2 Å². The highest BCUT2D eigenvalue weighted by molar-refractivity contribution is 6.08. The summed E-state index contributed by atoms with van der Waals surface area (Å²) in [5.74, 6) is -0.868. The average Bonchev–Trinajstić information content (AvgIpc) is 2.70. The molecule has 7 heteroatoms. The number of nitrogens with one attached hydrogen (secondary N) is 2. The van der Waals surface area contributed by atoms with E-state index in [1.807, 2.05) is 13.0 Å². The summed E-state index contributed by atoms with van der Waals surface area (Å²) in [6.07, 6.45) is 1.36. The van der Waals surface area contributed by atoms with Crippen LogP contribution in [0.5, 0.6) is 5.75 Å². The van der Waals surface area contributed by atoms with E-state index in [1.54, 1.807) is 24.3 Å². The molecule has 0 saturated heterocycles. The highest BCUT2D eigenvalue weighted by Gasteiger charge is 2.14. The van der Waals surface area contributed by atoms with Gasteiger partial charge in [-0.1, -0.05) is 18.2 Å². The first-order valence-electron chi connectivity index (χ1n) is 8.63. The standard InChI is InChI=1S/C21H18FN3O3/c1-2-28-19-9-4-3-8-17(19)25-20(26)14-10-11-23-18(12-14)21(27)24-16-7-5-6-15(22)13-16/h3-13H,2H2,1H3,(H,24,27)(H,25,26). The van der Waals surface area contributed by atoms with Crippen LogP contribution in [0.3, 0.4) is 0 Å². The average molecular weight is 379 g/mol. The van der Waals surface area contributed by atoms with E-state index in [-0.39, 0.29) is 11.3 Å². The molecule has 3 aromatic rings. The summed E-state index contributed by atoms with van der Waals surface area (Å²) in [6, 6.07) is 15.4. The Bertz CT molecular complexity index is 1010. The number of pyridine rings is 1. The van der Waals surface area contributed by atoms with Gasteiger partial charge < -0.3 is 15.4 Å². The van der Waals surface area contributed by atoms with Crippen LogP contribution in [0, 0.1) is 5.82 Å². The Morgan fingerprint density at radius 2 is 1.82 bits per heavy atom. The van der Waals surface area contributed by atoms with Crippen molar-refractivity contribution in [3.8, 4) is 5.75 Å². The van der Waals surface area contributed by atoms with Crippen LogP contribution in [-0.2, 0) is 0 Å². The number of carbonyl (C=O) groups is 2. The molecule has 2 amide bonds. The number of hydrogen-bond acceptors (Lipinski definition) is 4. The van der Waals surface area contributed by atoms with Crippen molar-refractivity contribution < 1.29 is 18.7 Å². The zero-order chi connectivity index (χ0) is 19.9. The van der Waals surface area contributed by atoms with Gasteiger partial charge in [0.25, 0.3) is 11.8 Å². The summed E-state index contributed by atoms with van der Waals surface area (Å²) in [5.41, 5.74) is 1.12. The van der Waals surface area contributed by atoms with E-state index in [1.165, 1.54) is 36.5 Å². The zero-order valence-electron chi connectivity index (χ0n) is 15.1. The molecule has 142 valence electrons. The molecule has 0 bridgehead atoms. The highest BCUT2D eigenvalue weighted by atomic mass is 19.1. The maximum absolute atomic E-state index is 13.3. The molecule has 0 aliphatic rings. The fraction of sp³-hybridized carbons (Fsp3) is 0.0952. The molecule has 0 radical (unpaired) electrons. The lowest BCUT2D eigenvalue weighted by Gasteiger charge is -2.11. The second-order valence-corrected chi connectivity index (χ2v) is 5.78. The van der Waals surface area contributed by atoms with Crippen LogP contribution in [0.1, 0.15) is 27.8 Å². The van der Waals surface area contributed by atoms with E-state index in [0.717, 1.165) is 0 Å². The van der Waals surface area contributed by atoms with Crippen LogP contribution in [0.15, 0.2) is 66.9 Å². The number of para-hydroxylation sites is 2. The van der Waals surface area contributed by atoms with Gasteiger partial charge in [-0.2, -0.15) is 0 Å². The van der Waals surface area contributed by atoms with Crippen molar-refractivity contribution in [3.63, 3.8) is 0 Å². The molecule has 0 spiro atoms. The van der Waals surface area contributed by atoms with Crippen LogP contribution < -0.4 is 15.4 Å². The topological polar surface area (TPSA) is 80.3 Å². The van der Waals surface area contributed by atoms with Gasteiger partial charge in [0.1, 0.15) is 17.3 Å². The second kappa shape index (κ2) is 8.77. The maximum Gasteiger partial charge on any atom is 0.274 e. The third-order valence-corrected chi connectivity index (χ3v) is 3.77. The Kier molecular flexibility index (Phi) is 5.96. The summed E-state index contributed by atoms with van der Waals surface area (Å²) >= 11 is 0. The van der Waals surface area contributed by atoms with Crippen molar-refractivity contribution in [1.29, 1.82) is 0 Å². The second-order valence-electron chi connectivity index (χ2n) is 5.78. The van der Waals surface area contributed by atoms with Gasteiger partial charge in [-0.05, 0) is 49.4 Å². The monoisotopic (exact) mass is 379 g/mol. The number of halogens is 1. The number of amides is 2. The van der Waals surface area contributed by atoms with Crippen LogP contribution in [0.25, 0.3) is 0 Å². The van der Waals surface area contributed by atoms with Gasteiger partial charge in [0, 0.05) is 17.4 Å². The van der Waals surface area contributed by atoms with E-state index < -0.39 is 17.6 Å². The highest BCUT2D eigenvalue weighted by Crippen LogP contribution is 2.24. The predicted molar refractivity (Wildman–Crippen MR) is 104 cm³/mol. The van der Waals surface area contributed by atoms with Crippen LogP contribution in [0.4, 0.5) is 15.8 Å². The summed E-state index contributed by atoms with van der Waals surface area (Å²) in [4.78, 5) is 28.9. The van der Waals surface area contributed by atoms with Crippen LogP contribution in [-0.4, -0.2) is 23.4 Å². The van der Waals surface area contributed by atoms with Crippen molar-refractivity contribution >= 4 is 23.2 Å². The van der Waals surface area contributed by atoms with Crippen LogP contribution >= 0.6 is 0 Å². The predicted octanol–water partition coefficient (Wildman–Crippen LogP) is 4.12. The first kappa shape index (κ1) is 19.0. The smallest absolute Gasteiger partial charge is 0.274 e. The molecule has 0 aliphatic carbocycles. The molecule has 6 nitrogen and oxygen atoms in total. The van der Waals surface area contributed by atoms with E-state index in [0.29, 0.717) is 23.7 Å². The lowest BCUT2D eigenvalue weighted by Crippen LogP contribution is -2.17. The number of carbonyl (C=O) groups excluding carboxylic acids is 2. The summed E-state index contributed by atoms with van der Waals surface area (Å²) in [6.45, 7) is 2.32. The summed E-state index contributed by atoms with van der Waals surface area (Å²) in [7, 11) is 0. The fourth-order valence-electron chi connectivity index (χ4n) is 2.50. The zero-order valence-corrected chi connectivity index (χ0v) is 15.1. The van der Waals surface area contributed by atoms with Gasteiger partial charge in [-0.25, -0.2) is 4.39 Å². The first-order valence-corrected chi connectivity index (χ1v) is 8.63. The molecule has 28 heavy (non-hydrogen) atoms. The SMILES string of the molecule is CCOc1ccccc1NC(=O)c1ccnc(C(=O)Nc2cccc(F)c2)c1. The minimum atomic E-state index is -0.546. The third-order valence-electron chi connectivity index (χ3n) is 3.77. The van der Waals surface area contributed by atoms with Gasteiger partial charge in [0.15, 0.2) is 0 Å². The number of ether oxygens (including phenoxy) is 1. The van der Waals surface area contributed by atoms with E-state index in [9.17, 15) is 14.0 Å². The molecule has 1 aromatic heterocycles. The molecule has 0 unspecified atom stereocenters. The molecule has 2 aromatic carbocycles. The number of hydrogen-bond donors (Lipinski definition) is 2. The molecular weight excluding hydrogens is 361 g/mol. The normalized spacial score (nSPS) is 10.2. The Morgan fingerprint density at radius 1 is 1.00 bits per heavy atom. The maximum atomic E-state index is 13.3. The Labute approximate surface area is 161 Å². The Balaban J connectivity index is 1.75. The molecule has 3 rings (SSSR count). The minimum absolute atomic E-state index is 0.0370. The van der Waals surface area contributed by atoms with Gasteiger partial charge in [-0.15, -0.1) is 0 Å². The summed E-state index contributed by atoms with van der Waals surface area (Å²) in [5, 5.41) is 5.31. The largest absolute Gasteiger partial charge is 0.492 e. The molecule has 2 N–H and O–H groups in total. The third kappa shape index (κ3) is 4.70. The Morgan fingerprint density at radius 3 is 2.61 bits per heavy atom. The van der Waals surface area contributed by atoms with Gasteiger partial charge in [0.05, 0.1) is 12.3 Å². The minimum Gasteiger partial charge on any atom is -0.492 e. The molecular formula is C21H18FN3O3. The Hall–Kier alpha value is -3.74. The van der Waals surface area contributed by atoms with Crippen molar-refractivity contribution in [1.82, 2.24) is 4.98 Å². The van der Waals surface area contributed by atoms with Gasteiger partial charge in [-0.3, -0.25) is 14.6 Å². The fourth-order valence-corrected chi connectivity index (χ4v) is 2.50. The lowest BCUT2D eigenvalue weighted by atomic mass is 10.2. The molecule has 1 heterocycles. The first-order chi connectivity index (χ1) is 13.6. The molecule has 0 aliphatic heterocycles. The number of benzene rings is 2. The number of nitrogens with zero attached hydrogens (tertiary/aromatic N) is 1. The molecule has 0 saturated carbocycles. The van der Waals surface area contributed by atoms with E-state index in [2.05, 4.69) is 15.6 Å².